The maximum atomic E-state index is 13.2. The summed E-state index contributed by atoms with van der Waals surface area (Å²) in [5.74, 6) is 0.0539. The van der Waals surface area contributed by atoms with Crippen LogP contribution in [0, 0.1) is 6.92 Å². The first-order valence-corrected chi connectivity index (χ1v) is 12.9. The van der Waals surface area contributed by atoms with Gasteiger partial charge in [0.2, 0.25) is 0 Å². The van der Waals surface area contributed by atoms with Gasteiger partial charge in [-0.25, -0.2) is 4.68 Å². The maximum absolute atomic E-state index is 13.2. The number of ketones is 1. The lowest BCUT2D eigenvalue weighted by molar-refractivity contribution is 0.102. The van der Waals surface area contributed by atoms with Crippen molar-refractivity contribution in [2.24, 2.45) is 0 Å². The Labute approximate surface area is 231 Å². The van der Waals surface area contributed by atoms with Crippen molar-refractivity contribution in [2.45, 2.75) is 6.92 Å². The summed E-state index contributed by atoms with van der Waals surface area (Å²) in [6.07, 6.45) is 6.73. The van der Waals surface area contributed by atoms with Crippen LogP contribution in [0.15, 0.2) is 126 Å². The number of hydrogen-bond donors (Lipinski definition) is 1. The molecule has 1 N–H and O–H groups in total. The third-order valence-electron chi connectivity index (χ3n) is 6.71. The van der Waals surface area contributed by atoms with Gasteiger partial charge < -0.3 is 9.73 Å². The van der Waals surface area contributed by atoms with E-state index in [1.54, 1.807) is 43.3 Å². The van der Waals surface area contributed by atoms with Crippen molar-refractivity contribution in [2.75, 3.05) is 5.32 Å². The van der Waals surface area contributed by atoms with Crippen LogP contribution in [0.2, 0.25) is 0 Å². The Morgan fingerprint density at radius 1 is 0.850 bits per heavy atom. The maximum Gasteiger partial charge on any atom is 0.259 e. The van der Waals surface area contributed by atoms with E-state index in [1.807, 2.05) is 59.4 Å². The summed E-state index contributed by atoms with van der Waals surface area (Å²) in [6, 6.07) is 32.8. The van der Waals surface area contributed by atoms with Gasteiger partial charge in [0.05, 0.1) is 23.2 Å². The van der Waals surface area contributed by atoms with E-state index in [-0.39, 0.29) is 11.7 Å². The summed E-state index contributed by atoms with van der Waals surface area (Å²) >= 11 is 0. The molecule has 0 unspecified atom stereocenters. The molecule has 0 bridgehead atoms. The molecule has 0 radical (unpaired) electrons. The first-order chi connectivity index (χ1) is 19.5. The molecule has 0 saturated carbocycles. The van der Waals surface area contributed by atoms with E-state index in [4.69, 9.17) is 9.52 Å². The van der Waals surface area contributed by atoms with Crippen molar-refractivity contribution >= 4 is 34.2 Å². The molecule has 6 heteroatoms. The second-order valence-corrected chi connectivity index (χ2v) is 9.40. The van der Waals surface area contributed by atoms with Crippen molar-refractivity contribution in [3.63, 3.8) is 0 Å². The van der Waals surface area contributed by atoms with Gasteiger partial charge in [0.25, 0.3) is 5.91 Å². The summed E-state index contributed by atoms with van der Waals surface area (Å²) in [4.78, 5) is 25.8. The number of para-hydroxylation sites is 1. The van der Waals surface area contributed by atoms with E-state index in [0.29, 0.717) is 22.6 Å². The number of nitrogens with one attached hydrogen (secondary N) is 1. The Morgan fingerprint density at radius 3 is 2.45 bits per heavy atom. The second-order valence-electron chi connectivity index (χ2n) is 9.40. The van der Waals surface area contributed by atoms with Crippen LogP contribution in [-0.4, -0.2) is 21.5 Å². The Morgan fingerprint density at radius 2 is 1.65 bits per heavy atom. The van der Waals surface area contributed by atoms with Crippen LogP contribution < -0.4 is 5.32 Å². The zero-order chi connectivity index (χ0) is 27.5. The molecule has 0 aliphatic rings. The number of hydrogen-bond acceptors (Lipinski definition) is 4. The van der Waals surface area contributed by atoms with Gasteiger partial charge in [0.1, 0.15) is 5.76 Å². The van der Waals surface area contributed by atoms with Gasteiger partial charge in [-0.3, -0.25) is 9.59 Å². The highest BCUT2D eigenvalue weighted by molar-refractivity contribution is 6.09. The molecule has 0 spiro atoms. The smallest absolute Gasteiger partial charge is 0.259 e. The summed E-state index contributed by atoms with van der Waals surface area (Å²) in [5.41, 5.74) is 4.90. The van der Waals surface area contributed by atoms with Crippen molar-refractivity contribution in [1.82, 2.24) is 9.78 Å². The zero-order valence-electron chi connectivity index (χ0n) is 21.7. The molecule has 0 atom stereocenters. The molecule has 40 heavy (non-hydrogen) atoms. The number of benzene rings is 4. The van der Waals surface area contributed by atoms with Gasteiger partial charge in [0.15, 0.2) is 5.78 Å². The number of carbonyl (C=O) groups excluding carboxylic acids is 2. The topological polar surface area (TPSA) is 77.1 Å². The van der Waals surface area contributed by atoms with Gasteiger partial charge in [-0.05, 0) is 66.2 Å². The molecule has 2 aromatic heterocycles. The molecule has 4 aromatic carbocycles. The molecule has 194 valence electrons. The van der Waals surface area contributed by atoms with Crippen LogP contribution in [0.25, 0.3) is 33.8 Å². The largest absolute Gasteiger partial charge is 0.469 e. The number of amides is 1. The average Bonchev–Trinajstić information content (AvgIpc) is 3.62. The summed E-state index contributed by atoms with van der Waals surface area (Å²) in [6.45, 7) is 1.73. The van der Waals surface area contributed by atoms with Crippen molar-refractivity contribution in [3.05, 3.63) is 144 Å². The molecule has 0 aliphatic carbocycles. The number of anilines is 1. The number of furan rings is 1. The molecule has 6 aromatic rings. The standard InChI is InChI=1S/C34H25N3O3/c1-23-31(18-19-40-23)34(39)35-29-11-7-10-26(21-29)32(38)17-16-28-22-37(30-12-3-2-4-13-30)36-33(28)27-15-14-24-8-5-6-9-25(24)20-27/h2-22H,1H3,(H,35,39)/b17-16+. The third-order valence-corrected chi connectivity index (χ3v) is 6.71. The van der Waals surface area contributed by atoms with Crippen LogP contribution in [-0.2, 0) is 0 Å². The fourth-order valence-corrected chi connectivity index (χ4v) is 4.61. The quantitative estimate of drug-likeness (QED) is 0.171. The van der Waals surface area contributed by atoms with Gasteiger partial charge in [0, 0.05) is 28.6 Å². The van der Waals surface area contributed by atoms with E-state index in [0.717, 1.165) is 33.3 Å². The van der Waals surface area contributed by atoms with E-state index in [2.05, 4.69) is 29.6 Å². The summed E-state index contributed by atoms with van der Waals surface area (Å²) in [7, 11) is 0. The van der Waals surface area contributed by atoms with Crippen molar-refractivity contribution < 1.29 is 14.0 Å². The SMILES string of the molecule is Cc1occc1C(=O)Nc1cccc(C(=O)/C=C/c2cn(-c3ccccc3)nc2-c2ccc3ccccc3c2)c1. The number of nitrogens with zero attached hydrogens (tertiary/aromatic N) is 2. The van der Waals surface area contributed by atoms with Crippen LogP contribution in [0.3, 0.4) is 0 Å². The predicted octanol–water partition coefficient (Wildman–Crippen LogP) is 7.74. The van der Waals surface area contributed by atoms with Gasteiger partial charge in [-0.1, -0.05) is 66.7 Å². The van der Waals surface area contributed by atoms with Gasteiger partial charge >= 0.3 is 0 Å². The number of rotatable bonds is 7. The minimum Gasteiger partial charge on any atom is -0.469 e. The fourth-order valence-electron chi connectivity index (χ4n) is 4.61. The van der Waals surface area contributed by atoms with Crippen LogP contribution >= 0.6 is 0 Å². The van der Waals surface area contributed by atoms with Gasteiger partial charge in [-0.2, -0.15) is 5.10 Å². The number of aryl methyl sites for hydroxylation is 1. The monoisotopic (exact) mass is 523 g/mol. The minimum absolute atomic E-state index is 0.187. The lowest BCUT2D eigenvalue weighted by Gasteiger charge is -2.06. The van der Waals surface area contributed by atoms with E-state index >= 15 is 0 Å². The Bertz CT molecular complexity index is 1880. The van der Waals surface area contributed by atoms with Crippen LogP contribution in [0.1, 0.15) is 32.0 Å². The number of fused-ring (bicyclic) bond motifs is 1. The molecule has 6 rings (SSSR count). The normalized spacial score (nSPS) is 11.2. The highest BCUT2D eigenvalue weighted by atomic mass is 16.3. The summed E-state index contributed by atoms with van der Waals surface area (Å²) < 4.78 is 7.04. The number of carbonyl (C=O) groups is 2. The van der Waals surface area contributed by atoms with E-state index in [9.17, 15) is 9.59 Å². The Kier molecular flexibility index (Phi) is 6.65. The highest BCUT2D eigenvalue weighted by Crippen LogP contribution is 2.28. The number of aromatic nitrogens is 2. The lowest BCUT2D eigenvalue weighted by Crippen LogP contribution is -2.12. The van der Waals surface area contributed by atoms with Crippen molar-refractivity contribution in [3.8, 4) is 16.9 Å². The molecule has 0 aliphatic heterocycles. The first-order valence-electron chi connectivity index (χ1n) is 12.9. The Hall–Kier alpha value is -5.49. The predicted molar refractivity (Wildman–Crippen MR) is 158 cm³/mol. The molecular formula is C34H25N3O3. The zero-order valence-corrected chi connectivity index (χ0v) is 21.7. The first kappa shape index (κ1) is 24.8. The molecule has 0 fully saturated rings. The molecule has 2 heterocycles. The van der Waals surface area contributed by atoms with Crippen LogP contribution in [0.4, 0.5) is 5.69 Å². The molecule has 0 saturated heterocycles. The van der Waals surface area contributed by atoms with E-state index < -0.39 is 0 Å². The number of allylic oxidation sites excluding steroid dienone is 1. The fraction of sp³-hybridized carbons (Fsp3) is 0.0294. The lowest BCUT2D eigenvalue weighted by atomic mass is 10.0. The van der Waals surface area contributed by atoms with Crippen LogP contribution in [0.5, 0.6) is 0 Å². The van der Waals surface area contributed by atoms with E-state index in [1.165, 1.54) is 12.3 Å². The average molecular weight is 524 g/mol. The summed E-state index contributed by atoms with van der Waals surface area (Å²) in [5, 5.41) is 9.98. The second kappa shape index (κ2) is 10.7. The molecule has 6 nitrogen and oxygen atoms in total. The van der Waals surface area contributed by atoms with Crippen molar-refractivity contribution in [1.29, 1.82) is 0 Å². The highest BCUT2D eigenvalue weighted by Gasteiger charge is 2.14. The minimum atomic E-state index is -0.292. The van der Waals surface area contributed by atoms with Gasteiger partial charge in [-0.15, -0.1) is 0 Å². The molecular weight excluding hydrogens is 498 g/mol. The Balaban J connectivity index is 1.31. The third kappa shape index (κ3) is 5.11. The molecule has 1 amide bonds.